The van der Waals surface area contributed by atoms with Crippen LogP contribution in [0.5, 0.6) is 0 Å². The van der Waals surface area contributed by atoms with E-state index in [9.17, 15) is 17.6 Å². The van der Waals surface area contributed by atoms with Gasteiger partial charge < -0.3 is 9.30 Å². The Bertz CT molecular complexity index is 1520. The smallest absolute Gasteiger partial charge is 0.229 e. The van der Waals surface area contributed by atoms with Crippen LogP contribution in [0, 0.1) is 5.82 Å². The molecule has 2 aromatic heterocycles. The van der Waals surface area contributed by atoms with Crippen molar-refractivity contribution in [1.82, 2.24) is 14.1 Å². The zero-order chi connectivity index (χ0) is 24.2. The van der Waals surface area contributed by atoms with E-state index in [2.05, 4.69) is 9.71 Å². The third-order valence-corrected chi connectivity index (χ3v) is 8.63. The lowest BCUT2D eigenvalue weighted by Crippen LogP contribution is -2.41. The van der Waals surface area contributed by atoms with E-state index in [0.717, 1.165) is 16.6 Å². The number of hydrogen-bond donors (Lipinski definition) is 1. The van der Waals surface area contributed by atoms with Gasteiger partial charge in [0.25, 0.3) is 0 Å². The lowest BCUT2D eigenvalue weighted by atomic mass is 10.0. The molecule has 9 heteroatoms. The van der Waals surface area contributed by atoms with Gasteiger partial charge in [0.1, 0.15) is 12.1 Å². The maximum absolute atomic E-state index is 13.4. The summed E-state index contributed by atoms with van der Waals surface area (Å²) in [6, 6.07) is 18.3. The van der Waals surface area contributed by atoms with Crippen LogP contribution in [-0.2, 0) is 14.8 Å². The molecule has 1 aliphatic carbocycles. The van der Waals surface area contributed by atoms with Crippen molar-refractivity contribution in [1.29, 1.82) is 0 Å². The summed E-state index contributed by atoms with van der Waals surface area (Å²) in [5.74, 6) is -0.466. The summed E-state index contributed by atoms with van der Waals surface area (Å²) in [4.78, 5) is 19.4. The topological polar surface area (TPSA) is 83.8 Å². The van der Waals surface area contributed by atoms with Gasteiger partial charge in [-0.25, -0.2) is 22.5 Å². The molecule has 35 heavy (non-hydrogen) atoms. The van der Waals surface area contributed by atoms with Crippen molar-refractivity contribution in [3.05, 3.63) is 90.6 Å². The molecule has 1 amide bonds. The van der Waals surface area contributed by atoms with E-state index >= 15 is 0 Å². The Morgan fingerprint density at radius 2 is 1.71 bits per heavy atom. The number of sulfonamides is 1. The van der Waals surface area contributed by atoms with E-state index in [1.165, 1.54) is 12.1 Å². The number of pyridine rings is 1. The minimum atomic E-state index is -3.48. The first-order valence-corrected chi connectivity index (χ1v) is 13.1. The number of nitrogens with one attached hydrogen (secondary N) is 1. The molecular formula is C26H23FN4O3S. The van der Waals surface area contributed by atoms with Crippen LogP contribution in [0.2, 0.25) is 0 Å². The first-order chi connectivity index (χ1) is 16.9. The second-order valence-electron chi connectivity index (χ2n) is 9.07. The number of imidazole rings is 1. The quantitative estimate of drug-likeness (QED) is 0.442. The van der Waals surface area contributed by atoms with Crippen molar-refractivity contribution in [2.45, 2.75) is 36.6 Å². The molecule has 0 radical (unpaired) electrons. The number of fused-ring (bicyclic) bond motifs is 1. The molecule has 0 spiro atoms. The highest BCUT2D eigenvalue weighted by molar-refractivity contribution is 7.90. The van der Waals surface area contributed by atoms with E-state index < -0.39 is 22.1 Å². The number of hydrogen-bond acceptors (Lipinski definition) is 4. The fraction of sp³-hybridized carbons (Fsp3) is 0.231. The van der Waals surface area contributed by atoms with Crippen molar-refractivity contribution < 1.29 is 17.6 Å². The molecule has 7 nitrogen and oxygen atoms in total. The van der Waals surface area contributed by atoms with Gasteiger partial charge in [0.15, 0.2) is 0 Å². The highest BCUT2D eigenvalue weighted by atomic mass is 32.2. The monoisotopic (exact) mass is 490 g/mol. The molecule has 2 fully saturated rings. The van der Waals surface area contributed by atoms with Crippen molar-refractivity contribution in [2.24, 2.45) is 0 Å². The zero-order valence-corrected chi connectivity index (χ0v) is 19.5. The number of halogens is 1. The van der Waals surface area contributed by atoms with Gasteiger partial charge >= 0.3 is 0 Å². The average Bonchev–Trinajstić information content (AvgIpc) is 3.57. The molecule has 2 unspecified atom stereocenters. The summed E-state index contributed by atoms with van der Waals surface area (Å²) in [5, 5.41) is -0.366. The van der Waals surface area contributed by atoms with Gasteiger partial charge in [0.2, 0.25) is 15.9 Å². The summed E-state index contributed by atoms with van der Waals surface area (Å²) in [6.07, 6.45) is 4.87. The number of nitrogens with zero attached hydrogens (tertiary/aromatic N) is 3. The maximum atomic E-state index is 13.4. The Hall–Kier alpha value is -3.56. The number of anilines is 1. The van der Waals surface area contributed by atoms with Crippen LogP contribution in [0.25, 0.3) is 16.8 Å². The highest BCUT2D eigenvalue weighted by Gasteiger charge is 2.46. The van der Waals surface area contributed by atoms with Crippen molar-refractivity contribution in [3.63, 3.8) is 0 Å². The number of aromatic nitrogens is 2. The van der Waals surface area contributed by atoms with Crippen LogP contribution < -0.4 is 9.62 Å². The largest absolute Gasteiger partial charge is 0.304 e. The Labute approximate surface area is 202 Å². The maximum Gasteiger partial charge on any atom is 0.229 e. The molecule has 4 aromatic rings. The molecule has 1 N–H and O–H groups in total. The minimum absolute atomic E-state index is 0.0777. The van der Waals surface area contributed by atoms with Gasteiger partial charge in [-0.2, -0.15) is 0 Å². The SMILES string of the molecule is O=C1CC(NS(=O)(=O)C2CC2)C(c2ccccc2)N1c1ccc2c(-c3ccc(F)cc3)ncn2c1. The van der Waals surface area contributed by atoms with Crippen LogP contribution in [0.3, 0.4) is 0 Å². The molecule has 2 atom stereocenters. The number of amides is 1. The molecule has 2 aromatic carbocycles. The Morgan fingerprint density at radius 3 is 2.43 bits per heavy atom. The standard InChI is InChI=1S/C26H23FN4O3S/c27-19-8-6-17(7-9-19)25-23-13-10-20(15-30(23)16-28-25)31-24(32)14-22(29-35(33,34)21-11-12-21)26(31)18-4-2-1-3-5-18/h1-10,13,15-16,21-22,26,29H,11-12,14H2. The van der Waals surface area contributed by atoms with E-state index in [1.54, 1.807) is 23.4 Å². The summed E-state index contributed by atoms with van der Waals surface area (Å²) in [5.41, 5.74) is 3.82. The van der Waals surface area contributed by atoms with Crippen molar-refractivity contribution in [2.75, 3.05) is 4.90 Å². The molecule has 2 aliphatic rings. The third kappa shape index (κ3) is 4.00. The van der Waals surface area contributed by atoms with E-state index in [1.807, 2.05) is 53.1 Å². The Balaban J connectivity index is 1.39. The number of benzene rings is 2. The molecule has 1 aliphatic heterocycles. The predicted molar refractivity (Wildman–Crippen MR) is 131 cm³/mol. The molecule has 0 bridgehead atoms. The number of rotatable bonds is 6. The first-order valence-electron chi connectivity index (χ1n) is 11.5. The van der Waals surface area contributed by atoms with Crippen LogP contribution in [0.1, 0.15) is 30.9 Å². The summed E-state index contributed by atoms with van der Waals surface area (Å²) >= 11 is 0. The second-order valence-corrected chi connectivity index (χ2v) is 11.1. The van der Waals surface area contributed by atoms with Gasteiger partial charge in [-0.05, 0) is 54.8 Å². The fourth-order valence-corrected chi connectivity index (χ4v) is 6.41. The summed E-state index contributed by atoms with van der Waals surface area (Å²) in [7, 11) is -3.48. The lowest BCUT2D eigenvalue weighted by Gasteiger charge is -2.29. The van der Waals surface area contributed by atoms with Crippen molar-refractivity contribution in [3.8, 4) is 11.3 Å². The van der Waals surface area contributed by atoms with E-state index in [0.29, 0.717) is 24.2 Å². The van der Waals surface area contributed by atoms with Gasteiger partial charge in [0, 0.05) is 18.2 Å². The molecule has 1 saturated heterocycles. The average molecular weight is 491 g/mol. The summed E-state index contributed by atoms with van der Waals surface area (Å²) in [6.45, 7) is 0. The summed E-state index contributed by atoms with van der Waals surface area (Å²) < 4.78 is 43.5. The molecule has 178 valence electrons. The first kappa shape index (κ1) is 21.9. The second kappa shape index (κ2) is 8.28. The zero-order valence-electron chi connectivity index (χ0n) is 18.7. The molecule has 1 saturated carbocycles. The van der Waals surface area contributed by atoms with Crippen molar-refractivity contribution >= 4 is 27.1 Å². The van der Waals surface area contributed by atoms with Gasteiger partial charge in [-0.3, -0.25) is 4.79 Å². The molecule has 6 rings (SSSR count). The Kier molecular flexibility index (Phi) is 5.19. The lowest BCUT2D eigenvalue weighted by molar-refractivity contribution is -0.117. The van der Waals surface area contributed by atoms with Crippen LogP contribution >= 0.6 is 0 Å². The molecular weight excluding hydrogens is 467 g/mol. The van der Waals surface area contributed by atoms with E-state index in [4.69, 9.17) is 0 Å². The Morgan fingerprint density at radius 1 is 0.971 bits per heavy atom. The van der Waals surface area contributed by atoms with Gasteiger partial charge in [0.05, 0.1) is 34.2 Å². The van der Waals surface area contributed by atoms with Crippen LogP contribution in [0.4, 0.5) is 10.1 Å². The van der Waals surface area contributed by atoms with Gasteiger partial charge in [-0.1, -0.05) is 30.3 Å². The minimum Gasteiger partial charge on any atom is -0.304 e. The number of carbonyl (C=O) groups excluding carboxylic acids is 1. The van der Waals surface area contributed by atoms with Crippen LogP contribution in [-0.4, -0.2) is 35.0 Å². The molecule has 3 heterocycles. The predicted octanol–water partition coefficient (Wildman–Crippen LogP) is 4.07. The number of carbonyl (C=O) groups is 1. The van der Waals surface area contributed by atoms with Crippen LogP contribution in [0.15, 0.2) is 79.3 Å². The third-order valence-electron chi connectivity index (χ3n) is 6.65. The van der Waals surface area contributed by atoms with E-state index in [-0.39, 0.29) is 23.4 Å². The fourth-order valence-electron chi connectivity index (χ4n) is 4.82. The normalized spacial score (nSPS) is 20.6. The highest BCUT2D eigenvalue weighted by Crippen LogP contribution is 2.39. The van der Waals surface area contributed by atoms with Gasteiger partial charge in [-0.15, -0.1) is 0 Å².